The van der Waals surface area contributed by atoms with Crippen LogP contribution in [0.1, 0.15) is 23.7 Å². The van der Waals surface area contributed by atoms with Gasteiger partial charge in [0.05, 0.1) is 17.6 Å². The number of likely N-dealkylation sites (tertiary alicyclic amines) is 1. The molecule has 1 amide bonds. The van der Waals surface area contributed by atoms with Crippen LogP contribution in [-0.2, 0) is 16.9 Å². The molecule has 2 aliphatic heterocycles. The molecule has 2 aliphatic rings. The average Bonchev–Trinajstić information content (AvgIpc) is 2.81. The third-order valence-corrected chi connectivity index (χ3v) is 6.96. The zero-order valence-electron chi connectivity index (χ0n) is 19.9. The minimum absolute atomic E-state index is 0.157. The van der Waals surface area contributed by atoms with Crippen molar-refractivity contribution >= 4 is 11.6 Å². The predicted octanol–water partition coefficient (Wildman–Crippen LogP) is 3.86. The van der Waals surface area contributed by atoms with Gasteiger partial charge in [-0.05, 0) is 41.5 Å². The van der Waals surface area contributed by atoms with Crippen LogP contribution in [0.2, 0.25) is 0 Å². The van der Waals surface area contributed by atoms with Crippen LogP contribution in [0.4, 0.5) is 27.6 Å². The van der Waals surface area contributed by atoms with Crippen LogP contribution in [0.15, 0.2) is 54.9 Å². The van der Waals surface area contributed by atoms with Crippen molar-refractivity contribution in [2.75, 3.05) is 31.1 Å². The lowest BCUT2D eigenvalue weighted by molar-refractivity contribution is -0.122. The number of carbonyl (C=O) groups is 1. The first-order valence-corrected chi connectivity index (χ1v) is 11.7. The summed E-state index contributed by atoms with van der Waals surface area (Å²) in [6, 6.07) is 8.47. The summed E-state index contributed by atoms with van der Waals surface area (Å²) in [6.07, 6.45) is -0.212. The van der Waals surface area contributed by atoms with Crippen LogP contribution < -0.4 is 10.2 Å². The zero-order valence-corrected chi connectivity index (χ0v) is 19.9. The van der Waals surface area contributed by atoms with E-state index >= 15 is 0 Å². The monoisotopic (exact) mass is 517 g/mol. The van der Waals surface area contributed by atoms with E-state index in [1.54, 1.807) is 12.1 Å². The first-order chi connectivity index (χ1) is 17.6. The lowest BCUT2D eigenvalue weighted by atomic mass is 9.72. The summed E-state index contributed by atoms with van der Waals surface area (Å²) >= 11 is 0. The molecule has 11 heteroatoms. The Kier molecular flexibility index (Phi) is 6.35. The molecular formula is C26H24F5N5O. The summed E-state index contributed by atoms with van der Waals surface area (Å²) in [5.74, 6) is -3.77. The third kappa shape index (κ3) is 4.63. The quantitative estimate of drug-likeness (QED) is 0.381. The van der Waals surface area contributed by atoms with Crippen LogP contribution in [0, 0.1) is 23.0 Å². The number of pyridine rings is 2. The van der Waals surface area contributed by atoms with Crippen molar-refractivity contribution < 1.29 is 26.7 Å². The minimum Gasteiger partial charge on any atom is -0.369 e. The van der Waals surface area contributed by atoms with Gasteiger partial charge in [0.1, 0.15) is 0 Å². The number of nitrogens with one attached hydrogen (secondary N) is 1. The Bertz CT molecular complexity index is 1290. The standard InChI is InChI=1S/C26H24F5N5O/c1-16(37)34-26(24(30)31,18-3-5-20(27)21(28)8-18)22-6-2-17(9-32-22)11-35-12-25(13-35)14-36(15-25)19-4-7-23(29)33-10-19/h2-10,24H,11-15H2,1H3,(H,34,37)/t26-/m1/s1. The van der Waals surface area contributed by atoms with E-state index in [-0.39, 0.29) is 16.7 Å². The number of alkyl halides is 2. The SMILES string of the molecule is CC(=O)N[C@](c1ccc(F)c(F)c1)(c1ccc(CN2CC3(C2)CN(c2ccc(F)nc2)C3)cn1)C(F)F. The summed E-state index contributed by atoms with van der Waals surface area (Å²) < 4.78 is 69.4. The normalized spacial score (nSPS) is 18.3. The molecule has 1 aromatic carbocycles. The van der Waals surface area contributed by atoms with Gasteiger partial charge in [-0.1, -0.05) is 12.1 Å². The lowest BCUT2D eigenvalue weighted by Crippen LogP contribution is -2.71. The Morgan fingerprint density at radius 3 is 2.32 bits per heavy atom. The molecule has 37 heavy (non-hydrogen) atoms. The Morgan fingerprint density at radius 1 is 1.00 bits per heavy atom. The second kappa shape index (κ2) is 9.37. The second-order valence-electron chi connectivity index (χ2n) is 9.81. The maximum absolute atomic E-state index is 14.5. The molecule has 5 rings (SSSR count). The topological polar surface area (TPSA) is 61.4 Å². The number of nitrogens with zero attached hydrogens (tertiary/aromatic N) is 4. The number of carbonyl (C=O) groups excluding carboxylic acids is 1. The van der Waals surface area contributed by atoms with Gasteiger partial charge in [-0.2, -0.15) is 4.39 Å². The van der Waals surface area contributed by atoms with Crippen LogP contribution in [0.3, 0.4) is 0 Å². The summed E-state index contributed by atoms with van der Waals surface area (Å²) in [4.78, 5) is 24.1. The molecule has 4 heterocycles. The van der Waals surface area contributed by atoms with E-state index in [0.717, 1.165) is 56.5 Å². The van der Waals surface area contributed by atoms with E-state index in [1.165, 1.54) is 24.5 Å². The molecule has 194 valence electrons. The highest BCUT2D eigenvalue weighted by atomic mass is 19.3. The maximum Gasteiger partial charge on any atom is 0.271 e. The second-order valence-corrected chi connectivity index (χ2v) is 9.81. The number of hydrogen-bond donors (Lipinski definition) is 1. The largest absolute Gasteiger partial charge is 0.369 e. The number of rotatable bonds is 7. The van der Waals surface area contributed by atoms with E-state index in [4.69, 9.17) is 0 Å². The van der Waals surface area contributed by atoms with Crippen LogP contribution in [-0.4, -0.2) is 53.4 Å². The molecule has 2 aromatic heterocycles. The fourth-order valence-electron chi connectivity index (χ4n) is 5.32. The van der Waals surface area contributed by atoms with Crippen molar-refractivity contribution in [1.82, 2.24) is 20.2 Å². The Morgan fingerprint density at radius 2 is 1.76 bits per heavy atom. The van der Waals surface area contributed by atoms with Crippen LogP contribution in [0.25, 0.3) is 0 Å². The van der Waals surface area contributed by atoms with Gasteiger partial charge < -0.3 is 10.2 Å². The van der Waals surface area contributed by atoms with E-state index < -0.39 is 35.5 Å². The van der Waals surface area contributed by atoms with E-state index in [0.29, 0.717) is 12.6 Å². The summed E-state index contributed by atoms with van der Waals surface area (Å²) in [7, 11) is 0. The number of anilines is 1. The molecule has 0 bridgehead atoms. The number of halogens is 5. The van der Waals surface area contributed by atoms with E-state index in [1.807, 2.05) is 0 Å². The highest BCUT2D eigenvalue weighted by molar-refractivity contribution is 5.75. The van der Waals surface area contributed by atoms with Gasteiger partial charge >= 0.3 is 0 Å². The summed E-state index contributed by atoms with van der Waals surface area (Å²) in [5, 5.41) is 2.22. The first-order valence-electron chi connectivity index (χ1n) is 11.7. The molecule has 1 N–H and O–H groups in total. The fraction of sp³-hybridized carbons (Fsp3) is 0.346. The molecule has 0 aliphatic carbocycles. The molecule has 2 saturated heterocycles. The van der Waals surface area contributed by atoms with Crippen molar-refractivity contribution in [3.8, 4) is 0 Å². The van der Waals surface area contributed by atoms with Gasteiger partial charge in [0.2, 0.25) is 11.9 Å². The summed E-state index contributed by atoms with van der Waals surface area (Å²) in [6.45, 7) is 5.01. The van der Waals surface area contributed by atoms with Crippen molar-refractivity contribution in [2.24, 2.45) is 5.41 Å². The smallest absolute Gasteiger partial charge is 0.271 e. The summed E-state index contributed by atoms with van der Waals surface area (Å²) in [5.41, 5.74) is -1.11. The number of amides is 1. The molecule has 2 fully saturated rings. The predicted molar refractivity (Wildman–Crippen MR) is 125 cm³/mol. The Balaban J connectivity index is 1.27. The van der Waals surface area contributed by atoms with Crippen LogP contribution >= 0.6 is 0 Å². The molecule has 6 nitrogen and oxygen atoms in total. The molecule has 0 saturated carbocycles. The highest BCUT2D eigenvalue weighted by Gasteiger charge is 2.51. The maximum atomic E-state index is 14.5. The van der Waals surface area contributed by atoms with E-state index in [9.17, 15) is 26.7 Å². The molecule has 0 unspecified atom stereocenters. The zero-order chi connectivity index (χ0) is 26.4. The van der Waals surface area contributed by atoms with E-state index in [2.05, 4.69) is 25.1 Å². The number of hydrogen-bond acceptors (Lipinski definition) is 5. The van der Waals surface area contributed by atoms with Gasteiger partial charge in [-0.3, -0.25) is 14.7 Å². The van der Waals surface area contributed by atoms with Gasteiger partial charge in [0, 0.05) is 51.3 Å². The highest BCUT2D eigenvalue weighted by Crippen LogP contribution is 2.42. The van der Waals surface area contributed by atoms with Gasteiger partial charge in [0.15, 0.2) is 17.2 Å². The number of aromatic nitrogens is 2. The van der Waals surface area contributed by atoms with Crippen molar-refractivity contribution in [2.45, 2.75) is 25.4 Å². The van der Waals surface area contributed by atoms with Crippen molar-refractivity contribution in [3.63, 3.8) is 0 Å². The molecule has 3 aromatic rings. The lowest BCUT2D eigenvalue weighted by Gasteiger charge is -2.61. The first kappa shape index (κ1) is 25.1. The Labute approximate surface area is 210 Å². The molecule has 1 spiro atoms. The average molecular weight is 518 g/mol. The van der Waals surface area contributed by atoms with Crippen molar-refractivity contribution in [3.05, 3.63) is 89.3 Å². The minimum atomic E-state index is -3.19. The molecule has 0 radical (unpaired) electrons. The Hall–Kier alpha value is -3.60. The van der Waals surface area contributed by atoms with Gasteiger partial charge in [0.25, 0.3) is 6.43 Å². The molecular weight excluding hydrogens is 493 g/mol. The third-order valence-electron chi connectivity index (χ3n) is 6.96. The fourth-order valence-corrected chi connectivity index (χ4v) is 5.32. The molecule has 1 atom stereocenters. The van der Waals surface area contributed by atoms with Gasteiger partial charge in [-0.15, -0.1) is 0 Å². The van der Waals surface area contributed by atoms with Crippen molar-refractivity contribution in [1.29, 1.82) is 0 Å². The number of benzene rings is 1. The van der Waals surface area contributed by atoms with Crippen LogP contribution in [0.5, 0.6) is 0 Å². The van der Waals surface area contributed by atoms with Gasteiger partial charge in [-0.25, -0.2) is 22.5 Å².